The van der Waals surface area contributed by atoms with Crippen molar-refractivity contribution in [1.29, 1.82) is 0 Å². The smallest absolute Gasteiger partial charge is 0.0613 e. The SMILES string of the molecule is CCC(CO)(CCCN1CCC2(CCCC2)CC1)NC. The van der Waals surface area contributed by atoms with Crippen molar-refractivity contribution in [2.45, 2.75) is 70.3 Å². The van der Waals surface area contributed by atoms with Crippen LogP contribution >= 0.6 is 0 Å². The number of hydrogen-bond donors (Lipinski definition) is 2. The molecule has 3 heteroatoms. The number of rotatable bonds is 7. The van der Waals surface area contributed by atoms with Crippen LogP contribution in [0.1, 0.15) is 64.7 Å². The molecule has 1 heterocycles. The number of aliphatic hydroxyl groups is 1. The molecular formula is C17H34N2O. The Morgan fingerprint density at radius 2 is 1.80 bits per heavy atom. The lowest BCUT2D eigenvalue weighted by atomic mass is 9.77. The van der Waals surface area contributed by atoms with Gasteiger partial charge in [0.25, 0.3) is 0 Å². The maximum Gasteiger partial charge on any atom is 0.0613 e. The van der Waals surface area contributed by atoms with Gasteiger partial charge >= 0.3 is 0 Å². The Kier molecular flexibility index (Phi) is 5.88. The predicted molar refractivity (Wildman–Crippen MR) is 85.0 cm³/mol. The molecule has 1 aliphatic carbocycles. The zero-order chi connectivity index (χ0) is 14.5. The lowest BCUT2D eigenvalue weighted by Gasteiger charge is -2.40. The van der Waals surface area contributed by atoms with Crippen molar-refractivity contribution < 1.29 is 5.11 Å². The van der Waals surface area contributed by atoms with Gasteiger partial charge in [-0.3, -0.25) is 0 Å². The van der Waals surface area contributed by atoms with E-state index in [-0.39, 0.29) is 12.1 Å². The minimum atomic E-state index is -0.0531. The Hall–Kier alpha value is -0.120. The molecule has 2 fully saturated rings. The molecule has 1 atom stereocenters. The monoisotopic (exact) mass is 282 g/mol. The average Bonchev–Trinajstić information content (AvgIpc) is 2.95. The Balaban J connectivity index is 1.68. The van der Waals surface area contributed by atoms with Gasteiger partial charge < -0.3 is 15.3 Å². The summed E-state index contributed by atoms with van der Waals surface area (Å²) in [5.41, 5.74) is 0.683. The van der Waals surface area contributed by atoms with Crippen LogP contribution in [0.25, 0.3) is 0 Å². The van der Waals surface area contributed by atoms with E-state index in [1.165, 1.54) is 64.6 Å². The number of nitrogens with zero attached hydrogens (tertiary/aromatic N) is 1. The molecule has 0 aromatic heterocycles. The number of hydrogen-bond acceptors (Lipinski definition) is 3. The number of piperidine rings is 1. The highest BCUT2D eigenvalue weighted by Gasteiger charge is 2.36. The molecule has 1 saturated heterocycles. The average molecular weight is 282 g/mol. The minimum Gasteiger partial charge on any atom is -0.394 e. The Labute approximate surface area is 125 Å². The van der Waals surface area contributed by atoms with Gasteiger partial charge in [0, 0.05) is 5.54 Å². The van der Waals surface area contributed by atoms with Crippen molar-refractivity contribution in [2.24, 2.45) is 5.41 Å². The van der Waals surface area contributed by atoms with Crippen molar-refractivity contribution in [3.05, 3.63) is 0 Å². The van der Waals surface area contributed by atoms with E-state index in [1.54, 1.807) is 0 Å². The van der Waals surface area contributed by atoms with Crippen LogP contribution in [0, 0.1) is 5.41 Å². The fourth-order valence-electron chi connectivity index (χ4n) is 4.27. The molecule has 2 N–H and O–H groups in total. The van der Waals surface area contributed by atoms with E-state index in [9.17, 15) is 5.11 Å². The first kappa shape index (κ1) is 16.3. The van der Waals surface area contributed by atoms with Crippen LogP contribution in [0.3, 0.4) is 0 Å². The van der Waals surface area contributed by atoms with Gasteiger partial charge in [-0.05, 0) is 77.0 Å². The lowest BCUT2D eigenvalue weighted by Crippen LogP contribution is -2.46. The summed E-state index contributed by atoms with van der Waals surface area (Å²) in [7, 11) is 1.98. The number of likely N-dealkylation sites (tertiary alicyclic amines) is 1. The quantitative estimate of drug-likeness (QED) is 0.754. The van der Waals surface area contributed by atoms with Gasteiger partial charge in [0.15, 0.2) is 0 Å². The molecule has 1 spiro atoms. The maximum absolute atomic E-state index is 9.58. The lowest BCUT2D eigenvalue weighted by molar-refractivity contribution is 0.0993. The fourth-order valence-corrected chi connectivity index (χ4v) is 4.27. The zero-order valence-corrected chi connectivity index (χ0v) is 13.6. The third kappa shape index (κ3) is 3.75. The summed E-state index contributed by atoms with van der Waals surface area (Å²) in [4.78, 5) is 2.65. The third-order valence-electron chi connectivity index (χ3n) is 6.22. The molecule has 3 nitrogen and oxygen atoms in total. The third-order valence-corrected chi connectivity index (χ3v) is 6.22. The van der Waals surface area contributed by atoms with E-state index in [1.807, 2.05) is 7.05 Å². The summed E-state index contributed by atoms with van der Waals surface area (Å²) in [6, 6.07) is 0. The molecular weight excluding hydrogens is 248 g/mol. The molecule has 2 aliphatic rings. The summed E-state index contributed by atoms with van der Waals surface area (Å²) in [5.74, 6) is 0. The molecule has 0 bridgehead atoms. The Bertz CT molecular complexity index is 264. The van der Waals surface area contributed by atoms with E-state index in [0.29, 0.717) is 0 Å². The van der Waals surface area contributed by atoms with Crippen LogP contribution in [-0.4, -0.2) is 48.8 Å². The first-order valence-corrected chi connectivity index (χ1v) is 8.70. The summed E-state index contributed by atoms with van der Waals surface area (Å²) < 4.78 is 0. The summed E-state index contributed by atoms with van der Waals surface area (Å²) in [6.45, 7) is 6.23. The van der Waals surface area contributed by atoms with Crippen molar-refractivity contribution in [3.63, 3.8) is 0 Å². The molecule has 0 aromatic rings. The van der Waals surface area contributed by atoms with Crippen molar-refractivity contribution >= 4 is 0 Å². The predicted octanol–water partition coefficient (Wildman–Crippen LogP) is 2.78. The molecule has 0 amide bonds. The van der Waals surface area contributed by atoms with Crippen LogP contribution < -0.4 is 5.32 Å². The van der Waals surface area contributed by atoms with Gasteiger partial charge in [0.05, 0.1) is 6.61 Å². The van der Waals surface area contributed by atoms with Gasteiger partial charge in [-0.2, -0.15) is 0 Å². The zero-order valence-electron chi connectivity index (χ0n) is 13.6. The van der Waals surface area contributed by atoms with Gasteiger partial charge in [-0.1, -0.05) is 19.8 Å². The van der Waals surface area contributed by atoms with E-state index in [4.69, 9.17) is 0 Å². The van der Waals surface area contributed by atoms with Gasteiger partial charge in [0.1, 0.15) is 0 Å². The Morgan fingerprint density at radius 1 is 1.15 bits per heavy atom. The van der Waals surface area contributed by atoms with Gasteiger partial charge in [-0.25, -0.2) is 0 Å². The topological polar surface area (TPSA) is 35.5 Å². The first-order chi connectivity index (χ1) is 9.67. The molecule has 20 heavy (non-hydrogen) atoms. The summed E-state index contributed by atoms with van der Waals surface area (Å²) in [6.07, 6.45) is 12.1. The number of nitrogens with one attached hydrogen (secondary N) is 1. The van der Waals surface area contributed by atoms with Crippen LogP contribution in [0.4, 0.5) is 0 Å². The highest BCUT2D eigenvalue weighted by atomic mass is 16.3. The van der Waals surface area contributed by atoms with E-state index in [0.717, 1.165) is 18.3 Å². The molecule has 1 saturated carbocycles. The first-order valence-electron chi connectivity index (χ1n) is 8.70. The van der Waals surface area contributed by atoms with E-state index in [2.05, 4.69) is 17.1 Å². The molecule has 0 radical (unpaired) electrons. The normalized spacial score (nSPS) is 25.9. The van der Waals surface area contributed by atoms with Gasteiger partial charge in [-0.15, -0.1) is 0 Å². The second kappa shape index (κ2) is 7.24. The number of aliphatic hydroxyl groups excluding tert-OH is 1. The van der Waals surface area contributed by atoms with Crippen LogP contribution in [0.15, 0.2) is 0 Å². The maximum atomic E-state index is 9.58. The summed E-state index contributed by atoms with van der Waals surface area (Å²) >= 11 is 0. The van der Waals surface area contributed by atoms with Crippen molar-refractivity contribution in [3.8, 4) is 0 Å². The highest BCUT2D eigenvalue weighted by Crippen LogP contribution is 2.46. The molecule has 1 aliphatic heterocycles. The molecule has 2 rings (SSSR count). The summed E-state index contributed by atoms with van der Waals surface area (Å²) in [5, 5.41) is 12.9. The van der Waals surface area contributed by atoms with Crippen LogP contribution in [0.5, 0.6) is 0 Å². The molecule has 1 unspecified atom stereocenters. The second-order valence-corrected chi connectivity index (χ2v) is 7.19. The standard InChI is InChI=1S/C17H34N2O/c1-3-17(15-20,18-2)9-6-12-19-13-10-16(11-14-19)7-4-5-8-16/h18,20H,3-15H2,1-2H3. The number of likely N-dealkylation sites (N-methyl/N-ethyl adjacent to an activating group) is 1. The highest BCUT2D eigenvalue weighted by molar-refractivity contribution is 4.90. The largest absolute Gasteiger partial charge is 0.394 e. The van der Waals surface area contributed by atoms with Gasteiger partial charge in [0.2, 0.25) is 0 Å². The fraction of sp³-hybridized carbons (Fsp3) is 1.00. The molecule has 118 valence electrons. The van der Waals surface area contributed by atoms with E-state index >= 15 is 0 Å². The van der Waals surface area contributed by atoms with Crippen molar-refractivity contribution in [2.75, 3.05) is 33.3 Å². The Morgan fingerprint density at radius 3 is 2.30 bits per heavy atom. The van der Waals surface area contributed by atoms with Crippen molar-refractivity contribution in [1.82, 2.24) is 10.2 Å². The van der Waals surface area contributed by atoms with E-state index < -0.39 is 0 Å². The molecule has 0 aromatic carbocycles. The minimum absolute atomic E-state index is 0.0531. The second-order valence-electron chi connectivity index (χ2n) is 7.19. The van der Waals surface area contributed by atoms with Crippen LogP contribution in [0.2, 0.25) is 0 Å². The van der Waals surface area contributed by atoms with Crippen LogP contribution in [-0.2, 0) is 0 Å².